The minimum Gasteiger partial charge on any atom is -0.308 e. The molecule has 0 aromatic carbocycles. The van der Waals surface area contributed by atoms with Gasteiger partial charge in [0, 0.05) is 18.6 Å². The molecule has 0 bridgehead atoms. The Hall–Kier alpha value is -1.03. The van der Waals surface area contributed by atoms with Crippen LogP contribution in [0.5, 0.6) is 0 Å². The van der Waals surface area contributed by atoms with E-state index in [1.54, 1.807) is 0 Å². The van der Waals surface area contributed by atoms with E-state index in [9.17, 15) is 4.79 Å². The number of H-pyrrole nitrogens is 1. The molecule has 0 atom stereocenters. The van der Waals surface area contributed by atoms with Gasteiger partial charge >= 0.3 is 5.69 Å². The van der Waals surface area contributed by atoms with E-state index < -0.39 is 0 Å². The van der Waals surface area contributed by atoms with Crippen LogP contribution >= 0.6 is 0 Å². The van der Waals surface area contributed by atoms with Crippen LogP contribution in [0, 0.1) is 0 Å². The van der Waals surface area contributed by atoms with Crippen molar-refractivity contribution in [2.24, 2.45) is 0 Å². The minimum atomic E-state index is -0.133. The van der Waals surface area contributed by atoms with Crippen molar-refractivity contribution in [1.29, 1.82) is 0 Å². The molecule has 0 amide bonds. The van der Waals surface area contributed by atoms with E-state index in [-0.39, 0.29) is 11.2 Å². The smallest absolute Gasteiger partial charge is 0.308 e. The SMILES string of the molecule is CN1Cc2[nH]c(=O)n(C(C)(C)C)c2C1. The van der Waals surface area contributed by atoms with Crippen molar-refractivity contribution in [3.05, 3.63) is 21.9 Å². The third-order valence-corrected chi connectivity index (χ3v) is 2.60. The number of fused-ring (bicyclic) bond motifs is 1. The molecule has 0 radical (unpaired) electrons. The highest BCUT2D eigenvalue weighted by Crippen LogP contribution is 2.23. The molecule has 78 valence electrons. The average Bonchev–Trinajstić information content (AvgIpc) is 2.38. The second kappa shape index (κ2) is 2.73. The Kier molecular flexibility index (Phi) is 1.86. The number of nitrogens with zero attached hydrogens (tertiary/aromatic N) is 2. The van der Waals surface area contributed by atoms with Crippen LogP contribution in [0.4, 0.5) is 0 Å². The predicted octanol–water partition coefficient (Wildman–Crippen LogP) is 0.877. The molecule has 1 aromatic rings. The largest absolute Gasteiger partial charge is 0.326 e. The van der Waals surface area contributed by atoms with Crippen LogP contribution in [0.15, 0.2) is 4.79 Å². The van der Waals surface area contributed by atoms with Gasteiger partial charge in [-0.1, -0.05) is 0 Å². The lowest BCUT2D eigenvalue weighted by Crippen LogP contribution is -2.34. The highest BCUT2D eigenvalue weighted by Gasteiger charge is 2.27. The summed E-state index contributed by atoms with van der Waals surface area (Å²) in [6.45, 7) is 7.89. The first-order valence-corrected chi connectivity index (χ1v) is 4.91. The second-order valence-electron chi connectivity index (χ2n) is 5.03. The molecule has 0 aliphatic carbocycles. The molecular weight excluding hydrogens is 178 g/mol. The molecule has 0 spiro atoms. The first-order chi connectivity index (χ1) is 6.39. The molecule has 1 aliphatic heterocycles. The Bertz CT molecular complexity index is 408. The molecule has 14 heavy (non-hydrogen) atoms. The van der Waals surface area contributed by atoms with Gasteiger partial charge in [-0.2, -0.15) is 0 Å². The fourth-order valence-electron chi connectivity index (χ4n) is 2.10. The van der Waals surface area contributed by atoms with Crippen LogP contribution in [-0.2, 0) is 18.6 Å². The lowest BCUT2D eigenvalue weighted by molar-refractivity contribution is 0.317. The zero-order valence-corrected chi connectivity index (χ0v) is 9.22. The maximum atomic E-state index is 11.7. The lowest BCUT2D eigenvalue weighted by Gasteiger charge is -2.22. The summed E-state index contributed by atoms with van der Waals surface area (Å²) in [5.74, 6) is 0. The van der Waals surface area contributed by atoms with Gasteiger partial charge in [-0.3, -0.25) is 9.47 Å². The van der Waals surface area contributed by atoms with Crippen LogP contribution in [0.3, 0.4) is 0 Å². The van der Waals surface area contributed by atoms with E-state index in [1.807, 2.05) is 4.57 Å². The first-order valence-electron chi connectivity index (χ1n) is 4.91. The van der Waals surface area contributed by atoms with Crippen LogP contribution < -0.4 is 5.69 Å². The summed E-state index contributed by atoms with van der Waals surface area (Å²) in [6, 6.07) is 0. The number of nitrogens with one attached hydrogen (secondary N) is 1. The van der Waals surface area contributed by atoms with Gasteiger partial charge in [-0.15, -0.1) is 0 Å². The molecule has 0 fully saturated rings. The molecular formula is C10H17N3O. The van der Waals surface area contributed by atoms with E-state index in [1.165, 1.54) is 0 Å². The summed E-state index contributed by atoms with van der Waals surface area (Å²) < 4.78 is 1.87. The maximum absolute atomic E-state index is 11.7. The molecule has 0 saturated heterocycles. The van der Waals surface area contributed by atoms with Crippen LogP contribution in [-0.4, -0.2) is 21.5 Å². The lowest BCUT2D eigenvalue weighted by atomic mass is 10.1. The number of hydrogen-bond donors (Lipinski definition) is 1. The van der Waals surface area contributed by atoms with Gasteiger partial charge in [-0.25, -0.2) is 4.79 Å². The normalized spacial score (nSPS) is 17.4. The van der Waals surface area contributed by atoms with E-state index in [4.69, 9.17) is 0 Å². The number of hydrogen-bond acceptors (Lipinski definition) is 2. The number of imidazole rings is 1. The van der Waals surface area contributed by atoms with Gasteiger partial charge in [-0.05, 0) is 27.8 Å². The predicted molar refractivity (Wildman–Crippen MR) is 55.2 cm³/mol. The second-order valence-corrected chi connectivity index (χ2v) is 5.03. The fraction of sp³-hybridized carbons (Fsp3) is 0.700. The van der Waals surface area contributed by atoms with Gasteiger partial charge in [0.2, 0.25) is 0 Å². The topological polar surface area (TPSA) is 41.0 Å². The minimum absolute atomic E-state index is 0.0237. The van der Waals surface area contributed by atoms with Crippen molar-refractivity contribution in [2.75, 3.05) is 7.05 Å². The maximum Gasteiger partial charge on any atom is 0.326 e. The average molecular weight is 195 g/mol. The van der Waals surface area contributed by atoms with Crippen LogP contribution in [0.2, 0.25) is 0 Å². The van der Waals surface area contributed by atoms with Crippen molar-refractivity contribution in [2.45, 2.75) is 39.4 Å². The fourth-order valence-corrected chi connectivity index (χ4v) is 2.10. The molecule has 0 unspecified atom stereocenters. The number of aromatic amines is 1. The Labute approximate surface area is 83.5 Å². The van der Waals surface area contributed by atoms with Crippen molar-refractivity contribution in [3.63, 3.8) is 0 Å². The summed E-state index contributed by atoms with van der Waals surface area (Å²) in [5, 5.41) is 0. The summed E-state index contributed by atoms with van der Waals surface area (Å²) in [5.41, 5.74) is 2.11. The Morgan fingerprint density at radius 1 is 1.29 bits per heavy atom. The molecule has 1 aliphatic rings. The Morgan fingerprint density at radius 3 is 2.50 bits per heavy atom. The number of rotatable bonds is 0. The van der Waals surface area contributed by atoms with Crippen molar-refractivity contribution in [1.82, 2.24) is 14.5 Å². The highest BCUT2D eigenvalue weighted by atomic mass is 16.1. The van der Waals surface area contributed by atoms with Gasteiger partial charge in [0.1, 0.15) is 0 Å². The van der Waals surface area contributed by atoms with Gasteiger partial charge < -0.3 is 4.98 Å². The highest BCUT2D eigenvalue weighted by molar-refractivity contribution is 5.19. The third-order valence-electron chi connectivity index (χ3n) is 2.60. The first kappa shape index (κ1) is 9.52. The molecule has 1 N–H and O–H groups in total. The zero-order valence-electron chi connectivity index (χ0n) is 9.22. The third kappa shape index (κ3) is 1.30. The van der Waals surface area contributed by atoms with Crippen LogP contribution in [0.1, 0.15) is 32.2 Å². The van der Waals surface area contributed by atoms with Crippen molar-refractivity contribution in [3.8, 4) is 0 Å². The zero-order chi connectivity index (χ0) is 10.5. The molecule has 0 saturated carbocycles. The van der Waals surface area contributed by atoms with E-state index in [2.05, 4.69) is 37.7 Å². The molecule has 2 rings (SSSR count). The summed E-state index contributed by atoms with van der Waals surface area (Å²) >= 11 is 0. The molecule has 4 nitrogen and oxygen atoms in total. The summed E-state index contributed by atoms with van der Waals surface area (Å²) in [6.07, 6.45) is 0. The summed E-state index contributed by atoms with van der Waals surface area (Å²) in [4.78, 5) is 16.8. The van der Waals surface area contributed by atoms with E-state index >= 15 is 0 Å². The van der Waals surface area contributed by atoms with Crippen molar-refractivity contribution >= 4 is 0 Å². The molecule has 2 heterocycles. The van der Waals surface area contributed by atoms with E-state index in [0.29, 0.717) is 0 Å². The van der Waals surface area contributed by atoms with Crippen molar-refractivity contribution < 1.29 is 0 Å². The Balaban J connectivity index is 2.57. The quantitative estimate of drug-likeness (QED) is 0.667. The van der Waals surface area contributed by atoms with Gasteiger partial charge in [0.05, 0.1) is 11.4 Å². The molecule has 1 aromatic heterocycles. The number of aromatic nitrogens is 2. The van der Waals surface area contributed by atoms with E-state index in [0.717, 1.165) is 24.5 Å². The Morgan fingerprint density at radius 2 is 1.93 bits per heavy atom. The standard InChI is InChI=1S/C10H17N3O/c1-10(2,3)13-8-6-12(4)5-7(8)11-9(13)14/h5-6H2,1-4H3,(H,11,14). The summed E-state index contributed by atoms with van der Waals surface area (Å²) in [7, 11) is 2.06. The van der Waals surface area contributed by atoms with Crippen LogP contribution in [0.25, 0.3) is 0 Å². The van der Waals surface area contributed by atoms with Gasteiger partial charge in [0.15, 0.2) is 0 Å². The van der Waals surface area contributed by atoms with Gasteiger partial charge in [0.25, 0.3) is 0 Å². The molecule has 4 heteroatoms. The monoisotopic (exact) mass is 195 g/mol.